The summed E-state index contributed by atoms with van der Waals surface area (Å²) >= 11 is 0. The average molecular weight is 897 g/mol. The van der Waals surface area contributed by atoms with Crippen molar-refractivity contribution in [2.24, 2.45) is 11.7 Å². The van der Waals surface area contributed by atoms with Crippen molar-refractivity contribution < 1.29 is 19.5 Å². The Balaban J connectivity index is 0. The third-order valence-corrected chi connectivity index (χ3v) is 13.6. The van der Waals surface area contributed by atoms with Crippen LogP contribution in [0.4, 0.5) is 0 Å². The first-order chi connectivity index (χ1) is 29.8. The lowest BCUT2D eigenvalue weighted by Crippen LogP contribution is -2.59. The van der Waals surface area contributed by atoms with Gasteiger partial charge >= 0.3 is 0 Å². The molecular weight excluding hydrogens is 786 g/mol. The predicted molar refractivity (Wildman–Crippen MR) is 274 cm³/mol. The van der Waals surface area contributed by atoms with Crippen LogP contribution in [0.15, 0.2) is 0 Å². The number of hydrogen-bond donors (Lipinski definition) is 2. The maximum atomic E-state index is 13.6. The molecule has 0 fully saturated rings. The Labute approximate surface area is 394 Å². The van der Waals surface area contributed by atoms with Crippen LogP contribution in [0.25, 0.3) is 0 Å². The Morgan fingerprint density at radius 3 is 0.677 bits per heavy atom. The third-order valence-electron chi connectivity index (χ3n) is 13.6. The van der Waals surface area contributed by atoms with Gasteiger partial charge in [-0.25, -0.2) is 0 Å². The molecule has 0 aromatic carbocycles. The van der Waals surface area contributed by atoms with Gasteiger partial charge < -0.3 is 5.11 Å². The zero-order valence-corrected chi connectivity index (χ0v) is 43.0. The molecule has 0 bridgehead atoms. The molecule has 0 saturated heterocycles. The van der Waals surface area contributed by atoms with Gasteiger partial charge in [0.15, 0.2) is 11.5 Å². The number of unbranched alkanes of at least 4 members (excludes halogenated alkanes) is 42. The van der Waals surface area contributed by atoms with Crippen LogP contribution in [0.1, 0.15) is 329 Å². The largest absolute Gasteiger partial charge is 0.368 e. The smallest absolute Gasteiger partial charge is 0.190 e. The highest BCUT2D eigenvalue weighted by Crippen LogP contribution is 2.25. The quantitative estimate of drug-likeness (QED) is 0.0360. The summed E-state index contributed by atoms with van der Waals surface area (Å²) in [5.74, 6) is -2.65. The van der Waals surface area contributed by atoms with E-state index >= 15 is 0 Å². The second kappa shape index (κ2) is 49.6. The number of carbonyl (C=O) groups is 3. The monoisotopic (exact) mass is 896 g/mol. The minimum Gasteiger partial charge on any atom is -0.368 e. The highest BCUT2D eigenvalue weighted by molar-refractivity contribution is 6.08. The fraction of sp³-hybridized carbons (Fsp3) is 0.946. The van der Waals surface area contributed by atoms with Crippen molar-refractivity contribution in [2.75, 3.05) is 0 Å². The summed E-state index contributed by atoms with van der Waals surface area (Å²) < 4.78 is 0. The van der Waals surface area contributed by atoms with Crippen LogP contribution in [-0.2, 0) is 14.4 Å². The number of ketones is 3. The van der Waals surface area contributed by atoms with Crippen molar-refractivity contribution in [3.05, 3.63) is 0 Å². The van der Waals surface area contributed by atoms with Gasteiger partial charge in [0, 0.05) is 19.3 Å². The molecule has 1 atom stereocenters. The second-order valence-corrected chi connectivity index (χ2v) is 19.7. The van der Waals surface area contributed by atoms with Crippen LogP contribution in [0.3, 0.4) is 0 Å². The summed E-state index contributed by atoms with van der Waals surface area (Å²) in [4.78, 5) is 40.7. The Morgan fingerprint density at radius 1 is 0.323 bits per heavy atom. The molecule has 0 aliphatic carbocycles. The molecule has 3 N–H and O–H groups in total. The number of nitrogens with two attached hydrogens (primary N) is 1. The van der Waals surface area contributed by atoms with Gasteiger partial charge in [0.1, 0.15) is 17.5 Å². The molecule has 5 nitrogen and oxygen atoms in total. The van der Waals surface area contributed by atoms with Gasteiger partial charge in [-0.2, -0.15) is 0 Å². The van der Waals surface area contributed by atoms with E-state index in [4.69, 9.17) is 5.73 Å². The molecule has 370 valence electrons. The summed E-state index contributed by atoms with van der Waals surface area (Å²) in [5, 5.41) is 11.4. The maximum Gasteiger partial charge on any atom is 0.190 e. The van der Waals surface area contributed by atoms with E-state index in [2.05, 4.69) is 20.8 Å². The molecule has 62 heavy (non-hydrogen) atoms. The standard InChI is InChI=1S/C56H109NO4.ClH/c1-4-7-10-13-16-19-22-25-28-31-34-37-40-43-46-49-52(58)55(53(59)50-47-44-41-38-35-32-29-26-23-20-17-14-11-8-5-2)56(57,61)54(60)51-48-45-42-39-36-33-30-27-24-21-18-15-12-9-6-3;/h55,61H,4-51,57H2,1-3H3;1H. The summed E-state index contributed by atoms with van der Waals surface area (Å²) in [6, 6.07) is 0. The highest BCUT2D eigenvalue weighted by atomic mass is 35.5. The van der Waals surface area contributed by atoms with Gasteiger partial charge in [-0.3, -0.25) is 20.1 Å². The normalized spacial score (nSPS) is 12.5. The van der Waals surface area contributed by atoms with E-state index in [0.29, 0.717) is 19.3 Å². The molecule has 1 unspecified atom stereocenters. The van der Waals surface area contributed by atoms with E-state index in [9.17, 15) is 19.5 Å². The van der Waals surface area contributed by atoms with E-state index in [0.717, 1.165) is 44.9 Å². The number of halogens is 1. The van der Waals surface area contributed by atoms with E-state index in [1.165, 1.54) is 225 Å². The van der Waals surface area contributed by atoms with Crippen molar-refractivity contribution in [1.82, 2.24) is 0 Å². The lowest BCUT2D eigenvalue weighted by Gasteiger charge is -2.29. The fourth-order valence-corrected chi connectivity index (χ4v) is 9.32. The minimum absolute atomic E-state index is 0. The summed E-state index contributed by atoms with van der Waals surface area (Å²) in [7, 11) is 0. The van der Waals surface area contributed by atoms with Crippen molar-refractivity contribution in [1.29, 1.82) is 0 Å². The Kier molecular flexibility index (Phi) is 50.7. The van der Waals surface area contributed by atoms with Crippen LogP contribution in [0.2, 0.25) is 0 Å². The van der Waals surface area contributed by atoms with Gasteiger partial charge in [0.05, 0.1) is 0 Å². The Bertz CT molecular complexity index is 908. The predicted octanol–water partition coefficient (Wildman–Crippen LogP) is 18.2. The fourth-order valence-electron chi connectivity index (χ4n) is 9.32. The summed E-state index contributed by atoms with van der Waals surface area (Å²) in [6.07, 6.45) is 56.4. The van der Waals surface area contributed by atoms with Gasteiger partial charge in [0.25, 0.3) is 0 Å². The molecule has 0 radical (unpaired) electrons. The van der Waals surface area contributed by atoms with E-state index in [1.54, 1.807) is 0 Å². The first kappa shape index (κ1) is 63.3. The second-order valence-electron chi connectivity index (χ2n) is 19.7. The Hall–Kier alpha value is -0.780. The van der Waals surface area contributed by atoms with Crippen molar-refractivity contribution in [3.63, 3.8) is 0 Å². The molecule has 0 rings (SSSR count). The number of carbonyl (C=O) groups excluding carboxylic acids is 3. The molecular formula is C56H110ClNO4. The summed E-state index contributed by atoms with van der Waals surface area (Å²) in [5.41, 5.74) is 3.94. The molecule has 0 saturated carbocycles. The van der Waals surface area contributed by atoms with Crippen LogP contribution in [0.5, 0.6) is 0 Å². The number of aliphatic hydroxyl groups is 1. The first-order valence-electron chi connectivity index (χ1n) is 27.9. The lowest BCUT2D eigenvalue weighted by molar-refractivity contribution is -0.156. The number of Topliss-reactive ketones (excluding diaryl/α,β-unsaturated/α-hetero) is 3. The van der Waals surface area contributed by atoms with Gasteiger partial charge in [-0.1, -0.05) is 290 Å². The molecule has 0 aliphatic heterocycles. The molecule has 0 aromatic heterocycles. The van der Waals surface area contributed by atoms with Crippen LogP contribution < -0.4 is 5.73 Å². The zero-order valence-electron chi connectivity index (χ0n) is 42.2. The topological polar surface area (TPSA) is 97.5 Å². The molecule has 0 aliphatic rings. The number of rotatable bonds is 52. The molecule has 0 spiro atoms. The van der Waals surface area contributed by atoms with E-state index in [-0.39, 0.29) is 43.2 Å². The molecule has 0 aromatic rings. The SMILES string of the molecule is CCCCCCCCCCCCCCCCCC(=O)C(C(=O)CCCCCCCCCCCCCCCCC)C(N)(O)C(=O)CCCCCCCCCCCCCCCCC.Cl. The average Bonchev–Trinajstić information content (AvgIpc) is 3.24. The van der Waals surface area contributed by atoms with E-state index < -0.39 is 17.4 Å². The van der Waals surface area contributed by atoms with Crippen LogP contribution >= 0.6 is 12.4 Å². The lowest BCUT2D eigenvalue weighted by atomic mass is 9.80. The maximum absolute atomic E-state index is 13.6. The van der Waals surface area contributed by atoms with Gasteiger partial charge in [0.2, 0.25) is 0 Å². The molecule has 6 heteroatoms. The third kappa shape index (κ3) is 40.7. The Morgan fingerprint density at radius 2 is 0.484 bits per heavy atom. The molecule has 0 heterocycles. The highest BCUT2D eigenvalue weighted by Gasteiger charge is 2.47. The minimum atomic E-state index is -2.41. The zero-order chi connectivity index (χ0) is 44.8. The van der Waals surface area contributed by atoms with Gasteiger partial charge in [-0.05, 0) is 19.3 Å². The van der Waals surface area contributed by atoms with E-state index in [1.807, 2.05) is 0 Å². The van der Waals surface area contributed by atoms with Crippen molar-refractivity contribution >= 4 is 29.8 Å². The summed E-state index contributed by atoms with van der Waals surface area (Å²) in [6.45, 7) is 6.81. The first-order valence-corrected chi connectivity index (χ1v) is 27.9. The van der Waals surface area contributed by atoms with Gasteiger partial charge in [-0.15, -0.1) is 12.4 Å². The van der Waals surface area contributed by atoms with Crippen LogP contribution in [0, 0.1) is 5.92 Å². The molecule has 0 amide bonds. The van der Waals surface area contributed by atoms with Crippen LogP contribution in [-0.4, -0.2) is 28.2 Å². The van der Waals surface area contributed by atoms with Crippen molar-refractivity contribution in [3.8, 4) is 0 Å². The van der Waals surface area contributed by atoms with Crippen molar-refractivity contribution in [2.45, 2.75) is 335 Å². The number of hydrogen-bond acceptors (Lipinski definition) is 5.